The van der Waals surface area contributed by atoms with E-state index in [1.165, 1.54) is 6.08 Å². The monoisotopic (exact) mass is 348 g/mol. The maximum Gasteiger partial charge on any atom is 0.309 e. The van der Waals surface area contributed by atoms with Gasteiger partial charge in [0.05, 0.1) is 6.42 Å². The van der Waals surface area contributed by atoms with Gasteiger partial charge in [0.15, 0.2) is 0 Å². The van der Waals surface area contributed by atoms with Crippen LogP contribution < -0.4 is 0 Å². The molecule has 2 nitrogen and oxygen atoms in total. The molecule has 0 aromatic heterocycles. The second-order valence-corrected chi connectivity index (χ2v) is 9.02. The van der Waals surface area contributed by atoms with Crippen molar-refractivity contribution < 1.29 is 9.53 Å². The highest BCUT2D eigenvalue weighted by molar-refractivity contribution is 9.39. The van der Waals surface area contributed by atoms with Crippen molar-refractivity contribution in [3.8, 4) is 0 Å². The molecule has 0 rings (SSSR count). The minimum atomic E-state index is -0.550. The predicted molar refractivity (Wildman–Crippen MR) is 55.3 cm³/mol. The first-order valence-corrected chi connectivity index (χ1v) is 5.17. The van der Waals surface area contributed by atoms with Crippen LogP contribution in [0.1, 0.15) is 6.42 Å². The molecule has 0 spiro atoms. The van der Waals surface area contributed by atoms with E-state index in [1.807, 2.05) is 0 Å². The van der Waals surface area contributed by atoms with Crippen LogP contribution in [-0.4, -0.2) is 14.7 Å². The molecule has 0 heterocycles. The number of carbonyl (C=O) groups is 1. The molecule has 0 bridgehead atoms. The third-order valence-corrected chi connectivity index (χ3v) is 1.55. The van der Waals surface area contributed by atoms with Crippen LogP contribution >= 0.6 is 47.8 Å². The Bertz CT molecular complexity index is 150. The molecule has 0 aliphatic rings. The molecule has 5 heteroatoms. The van der Waals surface area contributed by atoms with Crippen LogP contribution in [0.5, 0.6) is 0 Å². The van der Waals surface area contributed by atoms with Gasteiger partial charge in [-0.1, -0.05) is 60.4 Å². The Morgan fingerprint density at radius 3 is 2.45 bits per heavy atom. The quantitative estimate of drug-likeness (QED) is 0.444. The van der Waals surface area contributed by atoms with E-state index >= 15 is 0 Å². The van der Waals surface area contributed by atoms with Crippen molar-refractivity contribution in [3.63, 3.8) is 0 Å². The van der Waals surface area contributed by atoms with E-state index < -0.39 is 2.14 Å². The first-order chi connectivity index (χ1) is 4.95. The topological polar surface area (TPSA) is 26.3 Å². The highest BCUT2D eigenvalue weighted by atomic mass is 80.0. The van der Waals surface area contributed by atoms with Crippen molar-refractivity contribution in [2.75, 3.05) is 6.61 Å². The van der Waals surface area contributed by atoms with Crippen molar-refractivity contribution in [2.45, 2.75) is 8.56 Å². The summed E-state index contributed by atoms with van der Waals surface area (Å²) in [6.07, 6.45) is 1.73. The predicted octanol–water partition coefficient (Wildman–Crippen LogP) is 2.94. The standard InChI is InChI=1S/C6H7Br3O2/c1-2-3-11-5(10)4-6(7,8)9/h2H,1,3-4H2. The number of hydrogen-bond donors (Lipinski definition) is 0. The lowest BCUT2D eigenvalue weighted by Crippen LogP contribution is -2.12. The zero-order valence-corrected chi connectivity index (χ0v) is 10.4. The van der Waals surface area contributed by atoms with Crippen LogP contribution in [0.3, 0.4) is 0 Å². The number of alkyl halides is 3. The molecule has 0 aromatic carbocycles. The molecule has 0 radical (unpaired) electrons. The Hall–Kier alpha value is 0.650. The van der Waals surface area contributed by atoms with E-state index in [9.17, 15) is 4.79 Å². The summed E-state index contributed by atoms with van der Waals surface area (Å²) in [6, 6.07) is 0. The molecule has 0 N–H and O–H groups in total. The van der Waals surface area contributed by atoms with Crippen molar-refractivity contribution in [2.24, 2.45) is 0 Å². The average molecular weight is 351 g/mol. The lowest BCUT2D eigenvalue weighted by Gasteiger charge is -2.09. The van der Waals surface area contributed by atoms with E-state index in [-0.39, 0.29) is 19.0 Å². The van der Waals surface area contributed by atoms with Gasteiger partial charge in [0.1, 0.15) is 8.75 Å². The Morgan fingerprint density at radius 2 is 2.09 bits per heavy atom. The first-order valence-electron chi connectivity index (χ1n) is 2.79. The van der Waals surface area contributed by atoms with Crippen LogP contribution in [0.4, 0.5) is 0 Å². The van der Waals surface area contributed by atoms with Gasteiger partial charge >= 0.3 is 5.97 Å². The fraction of sp³-hybridized carbons (Fsp3) is 0.500. The molecule has 0 aliphatic carbocycles. The molecule has 0 aliphatic heterocycles. The molecule has 0 amide bonds. The van der Waals surface area contributed by atoms with Gasteiger partial charge in [-0.2, -0.15) is 0 Å². The van der Waals surface area contributed by atoms with Crippen molar-refractivity contribution in [3.05, 3.63) is 12.7 Å². The van der Waals surface area contributed by atoms with E-state index in [2.05, 4.69) is 54.4 Å². The van der Waals surface area contributed by atoms with Gasteiger partial charge in [0, 0.05) is 0 Å². The number of carbonyl (C=O) groups excluding carboxylic acids is 1. The van der Waals surface area contributed by atoms with E-state index in [0.717, 1.165) is 0 Å². The van der Waals surface area contributed by atoms with Crippen LogP contribution in [-0.2, 0) is 9.53 Å². The Labute approximate surface area is 90.8 Å². The van der Waals surface area contributed by atoms with Crippen LogP contribution in [0.15, 0.2) is 12.7 Å². The molecule has 0 saturated heterocycles. The molecular weight excluding hydrogens is 344 g/mol. The highest BCUT2D eigenvalue weighted by Gasteiger charge is 2.22. The number of ether oxygens (including phenoxy) is 1. The van der Waals surface area contributed by atoms with E-state index in [1.54, 1.807) is 0 Å². The molecule has 0 saturated carbocycles. The van der Waals surface area contributed by atoms with Gasteiger partial charge in [-0.05, 0) is 0 Å². The molecule has 0 aromatic rings. The average Bonchev–Trinajstić information content (AvgIpc) is 1.79. The molecular formula is C6H7Br3O2. The fourth-order valence-electron chi connectivity index (χ4n) is 0.367. The highest BCUT2D eigenvalue weighted by Crippen LogP contribution is 2.37. The normalized spacial score (nSPS) is 10.8. The van der Waals surface area contributed by atoms with Crippen molar-refractivity contribution >= 4 is 53.8 Å². The smallest absolute Gasteiger partial charge is 0.309 e. The van der Waals surface area contributed by atoms with Crippen molar-refractivity contribution in [1.82, 2.24) is 0 Å². The largest absolute Gasteiger partial charge is 0.461 e. The maximum atomic E-state index is 10.9. The number of hydrogen-bond acceptors (Lipinski definition) is 2. The summed E-state index contributed by atoms with van der Waals surface area (Å²) in [5.74, 6) is -0.296. The Kier molecular flexibility index (Phi) is 5.64. The van der Waals surface area contributed by atoms with Crippen LogP contribution in [0.2, 0.25) is 0 Å². The summed E-state index contributed by atoms with van der Waals surface area (Å²) >= 11 is 9.53. The third-order valence-electron chi connectivity index (χ3n) is 0.707. The minimum absolute atomic E-state index is 0.209. The zero-order chi connectivity index (χ0) is 8.91. The lowest BCUT2D eigenvalue weighted by atomic mass is 10.5. The second-order valence-electron chi connectivity index (χ2n) is 1.76. The number of esters is 1. The van der Waals surface area contributed by atoms with Gasteiger partial charge in [-0.25, -0.2) is 0 Å². The summed E-state index contributed by atoms with van der Waals surface area (Å²) in [5.41, 5.74) is 0. The van der Waals surface area contributed by atoms with E-state index in [4.69, 9.17) is 4.74 Å². The van der Waals surface area contributed by atoms with Gasteiger partial charge in [0.2, 0.25) is 0 Å². The zero-order valence-electron chi connectivity index (χ0n) is 5.65. The fourth-order valence-corrected chi connectivity index (χ4v) is 1.05. The van der Waals surface area contributed by atoms with Crippen molar-refractivity contribution in [1.29, 1.82) is 0 Å². The molecule has 11 heavy (non-hydrogen) atoms. The van der Waals surface area contributed by atoms with Crippen LogP contribution in [0, 0.1) is 0 Å². The van der Waals surface area contributed by atoms with E-state index in [0.29, 0.717) is 0 Å². The number of rotatable bonds is 3. The van der Waals surface area contributed by atoms with Gasteiger partial charge in [-0.3, -0.25) is 4.79 Å². The summed E-state index contributed by atoms with van der Waals surface area (Å²) in [7, 11) is 0. The maximum absolute atomic E-state index is 10.9. The Balaban J connectivity index is 3.61. The molecule has 0 unspecified atom stereocenters. The summed E-state index contributed by atoms with van der Waals surface area (Å²) in [4.78, 5) is 10.9. The first kappa shape index (κ1) is 11.6. The molecule has 0 atom stereocenters. The molecule has 64 valence electrons. The number of halogens is 3. The van der Waals surface area contributed by atoms with Gasteiger partial charge in [-0.15, -0.1) is 0 Å². The summed E-state index contributed by atoms with van der Waals surface area (Å²) < 4.78 is 4.17. The lowest BCUT2D eigenvalue weighted by molar-refractivity contribution is -0.142. The summed E-state index contributed by atoms with van der Waals surface area (Å²) in [5, 5.41) is 0. The third kappa shape index (κ3) is 8.56. The van der Waals surface area contributed by atoms with Crippen LogP contribution in [0.25, 0.3) is 0 Å². The second kappa shape index (κ2) is 5.32. The van der Waals surface area contributed by atoms with Gasteiger partial charge < -0.3 is 4.74 Å². The molecule has 0 fully saturated rings. The minimum Gasteiger partial charge on any atom is -0.461 e. The Morgan fingerprint density at radius 1 is 1.55 bits per heavy atom. The van der Waals surface area contributed by atoms with Gasteiger partial charge in [0.25, 0.3) is 0 Å². The summed E-state index contributed by atoms with van der Waals surface area (Å²) in [6.45, 7) is 3.67. The SMILES string of the molecule is C=CCOC(=O)CC(Br)(Br)Br.